The maximum absolute atomic E-state index is 12.2. The normalized spacial score (nSPS) is 8.36. The van der Waals surface area contributed by atoms with Crippen LogP contribution in [0.1, 0.15) is 19.4 Å². The molecule has 0 spiro atoms. The zero-order chi connectivity index (χ0) is 8.85. The summed E-state index contributed by atoms with van der Waals surface area (Å²) in [4.78, 5) is 12.4. The van der Waals surface area contributed by atoms with Crippen molar-refractivity contribution in [1.82, 2.24) is 4.98 Å². The summed E-state index contributed by atoms with van der Waals surface area (Å²) in [6.45, 7) is 5.66. The van der Waals surface area contributed by atoms with Crippen molar-refractivity contribution in [3.05, 3.63) is 34.0 Å². The van der Waals surface area contributed by atoms with E-state index in [0.717, 1.165) is 0 Å². The van der Waals surface area contributed by atoms with Crippen LogP contribution >= 0.6 is 0 Å². The minimum Gasteiger partial charge on any atom is -0.299 e. The molecule has 0 atom stereocenters. The number of nitrogens with one attached hydrogen (secondary N) is 1. The van der Waals surface area contributed by atoms with E-state index in [-0.39, 0.29) is 0 Å². The second kappa shape index (κ2) is 4.66. The summed E-state index contributed by atoms with van der Waals surface area (Å²) in [5.41, 5.74) is 0.240. The summed E-state index contributed by atoms with van der Waals surface area (Å²) in [5, 5.41) is 0. The Bertz CT molecular complexity index is 244. The van der Waals surface area contributed by atoms with Crippen molar-refractivity contribution in [2.24, 2.45) is 0 Å². The van der Waals surface area contributed by atoms with Gasteiger partial charge in [-0.3, -0.25) is 9.78 Å². The Morgan fingerprint density at radius 2 is 1.91 bits per heavy atom. The number of pyridine rings is 1. The molecule has 0 saturated heterocycles. The van der Waals surface area contributed by atoms with Crippen molar-refractivity contribution >= 4 is 0 Å². The van der Waals surface area contributed by atoms with Gasteiger partial charge in [-0.05, 0) is 18.6 Å². The summed E-state index contributed by atoms with van der Waals surface area (Å²) in [6.07, 6.45) is 0. The monoisotopic (exact) mass is 157 g/mol. The summed E-state index contributed by atoms with van der Waals surface area (Å²) in [5.74, 6) is -0.583. The van der Waals surface area contributed by atoms with Gasteiger partial charge < -0.3 is 0 Å². The fraction of sp³-hybridized carbons (Fsp3) is 0.375. The molecule has 0 amide bonds. The van der Waals surface area contributed by atoms with Crippen LogP contribution in [0.4, 0.5) is 4.39 Å². The third-order valence-corrected chi connectivity index (χ3v) is 0.956. The molecule has 1 heterocycles. The Labute approximate surface area is 65.1 Å². The van der Waals surface area contributed by atoms with Crippen LogP contribution in [-0.4, -0.2) is 4.98 Å². The Morgan fingerprint density at radius 1 is 1.36 bits per heavy atom. The third kappa shape index (κ3) is 3.55. The van der Waals surface area contributed by atoms with Gasteiger partial charge in [0.15, 0.2) is 5.95 Å². The molecule has 0 aromatic carbocycles. The summed E-state index contributed by atoms with van der Waals surface area (Å²) in [7, 11) is 0. The van der Waals surface area contributed by atoms with Crippen molar-refractivity contribution in [3.8, 4) is 0 Å². The first kappa shape index (κ1) is 9.88. The lowest BCUT2D eigenvalue weighted by atomic mass is 10.3. The smallest absolute Gasteiger partial charge is 0.250 e. The van der Waals surface area contributed by atoms with E-state index in [0.29, 0.717) is 5.56 Å². The lowest BCUT2D eigenvalue weighted by Crippen LogP contribution is -2.05. The van der Waals surface area contributed by atoms with Gasteiger partial charge in [0, 0.05) is 6.07 Å². The van der Waals surface area contributed by atoms with E-state index in [4.69, 9.17) is 0 Å². The highest BCUT2D eigenvalue weighted by molar-refractivity contribution is 5.07. The highest BCUT2D eigenvalue weighted by Crippen LogP contribution is 1.92. The Morgan fingerprint density at radius 3 is 2.27 bits per heavy atom. The molecule has 3 heteroatoms. The van der Waals surface area contributed by atoms with Gasteiger partial charge in [0.05, 0.1) is 0 Å². The minimum atomic E-state index is -0.583. The molecule has 2 nitrogen and oxygen atoms in total. The average Bonchev–Trinajstić information content (AvgIpc) is 1.88. The molecule has 0 radical (unpaired) electrons. The van der Waals surface area contributed by atoms with E-state index in [2.05, 4.69) is 0 Å². The molecular weight excluding hydrogens is 145 g/mol. The predicted octanol–water partition coefficient (Wildman–Crippen LogP) is 1.85. The molecule has 0 aliphatic carbocycles. The number of hydrogen-bond donors (Lipinski definition) is 1. The van der Waals surface area contributed by atoms with Crippen molar-refractivity contribution in [3.63, 3.8) is 0 Å². The van der Waals surface area contributed by atoms with Gasteiger partial charge in [-0.15, -0.1) is 0 Å². The number of aromatic nitrogens is 1. The van der Waals surface area contributed by atoms with Crippen LogP contribution < -0.4 is 5.56 Å². The molecule has 1 N–H and O–H groups in total. The van der Waals surface area contributed by atoms with Crippen LogP contribution in [-0.2, 0) is 0 Å². The molecule has 0 aliphatic heterocycles. The number of aromatic amines is 1. The van der Waals surface area contributed by atoms with Gasteiger partial charge in [-0.25, -0.2) is 0 Å². The van der Waals surface area contributed by atoms with Gasteiger partial charge in [0.25, 0.3) is 0 Å². The van der Waals surface area contributed by atoms with Crippen LogP contribution in [0.5, 0.6) is 0 Å². The Hall–Kier alpha value is -1.12. The summed E-state index contributed by atoms with van der Waals surface area (Å²) in [6, 6.07) is 2.60. The molecule has 1 rings (SSSR count). The Kier molecular flexibility index (Phi) is 4.18. The van der Waals surface area contributed by atoms with E-state index in [9.17, 15) is 9.18 Å². The largest absolute Gasteiger partial charge is 0.299 e. The highest BCUT2D eigenvalue weighted by Gasteiger charge is 1.90. The highest BCUT2D eigenvalue weighted by atomic mass is 19.1. The number of halogens is 1. The number of hydrogen-bond acceptors (Lipinski definition) is 1. The zero-order valence-electron chi connectivity index (χ0n) is 6.94. The lowest BCUT2D eigenvalue weighted by molar-refractivity contribution is 0.578. The van der Waals surface area contributed by atoms with Crippen molar-refractivity contribution in [1.29, 1.82) is 0 Å². The molecule has 1 aromatic rings. The standard InChI is InChI=1S/C6H6FNO.C2H6/c1-4-2-5(7)8-6(9)3-4;1-2/h2-3H,1H3,(H,8,9);1-2H3. The van der Waals surface area contributed by atoms with E-state index >= 15 is 0 Å². The fourth-order valence-electron chi connectivity index (χ4n) is 0.638. The first-order chi connectivity index (χ1) is 5.18. The second-order valence-electron chi connectivity index (χ2n) is 1.87. The van der Waals surface area contributed by atoms with E-state index in [1.54, 1.807) is 6.92 Å². The van der Waals surface area contributed by atoms with Gasteiger partial charge >= 0.3 is 0 Å². The zero-order valence-corrected chi connectivity index (χ0v) is 6.94. The molecule has 1 aromatic heterocycles. The third-order valence-electron chi connectivity index (χ3n) is 0.956. The van der Waals surface area contributed by atoms with Gasteiger partial charge in [-0.2, -0.15) is 4.39 Å². The summed E-state index contributed by atoms with van der Waals surface area (Å²) >= 11 is 0. The van der Waals surface area contributed by atoms with Crippen LogP contribution in [0.25, 0.3) is 0 Å². The van der Waals surface area contributed by atoms with Crippen LogP contribution in [0.15, 0.2) is 16.9 Å². The van der Waals surface area contributed by atoms with Crippen molar-refractivity contribution < 1.29 is 4.39 Å². The van der Waals surface area contributed by atoms with E-state index in [1.807, 2.05) is 18.8 Å². The second-order valence-corrected chi connectivity index (χ2v) is 1.87. The molecule has 0 bridgehead atoms. The molecule has 0 saturated carbocycles. The molecule has 11 heavy (non-hydrogen) atoms. The summed E-state index contributed by atoms with van der Waals surface area (Å²) < 4.78 is 12.2. The maximum atomic E-state index is 12.2. The molecular formula is C8H12FNO. The minimum absolute atomic E-state index is 0.396. The maximum Gasteiger partial charge on any atom is 0.250 e. The predicted molar refractivity (Wildman–Crippen MR) is 43.1 cm³/mol. The Balaban J connectivity index is 0.000000461. The van der Waals surface area contributed by atoms with Gasteiger partial charge in [-0.1, -0.05) is 13.8 Å². The van der Waals surface area contributed by atoms with Gasteiger partial charge in [0.1, 0.15) is 0 Å². The average molecular weight is 157 g/mol. The quantitative estimate of drug-likeness (QED) is 0.573. The van der Waals surface area contributed by atoms with Crippen molar-refractivity contribution in [2.45, 2.75) is 20.8 Å². The SMILES string of the molecule is CC.Cc1cc(F)[nH]c(=O)c1. The van der Waals surface area contributed by atoms with Crippen LogP contribution in [0.2, 0.25) is 0 Å². The van der Waals surface area contributed by atoms with Crippen LogP contribution in [0, 0.1) is 12.9 Å². The number of rotatable bonds is 0. The number of aryl methyl sites for hydroxylation is 1. The molecule has 62 valence electrons. The molecule has 0 unspecified atom stereocenters. The topological polar surface area (TPSA) is 32.9 Å². The lowest BCUT2D eigenvalue weighted by Gasteiger charge is -1.88. The molecule has 0 aliphatic rings. The fourth-order valence-corrected chi connectivity index (χ4v) is 0.638. The first-order valence-corrected chi connectivity index (χ1v) is 3.55. The van der Waals surface area contributed by atoms with E-state index in [1.165, 1.54) is 12.1 Å². The molecule has 0 fully saturated rings. The van der Waals surface area contributed by atoms with Crippen molar-refractivity contribution in [2.75, 3.05) is 0 Å². The van der Waals surface area contributed by atoms with E-state index < -0.39 is 11.5 Å². The first-order valence-electron chi connectivity index (χ1n) is 3.55. The van der Waals surface area contributed by atoms with Crippen LogP contribution in [0.3, 0.4) is 0 Å². The van der Waals surface area contributed by atoms with Gasteiger partial charge in [0.2, 0.25) is 5.56 Å². The number of H-pyrrole nitrogens is 1.